The minimum absolute atomic E-state index is 0.557. The molecule has 1 N–H and O–H groups in total. The first-order valence-electron chi connectivity index (χ1n) is 7.91. The van der Waals surface area contributed by atoms with Crippen LogP contribution in [0.25, 0.3) is 5.69 Å². The van der Waals surface area contributed by atoms with E-state index >= 15 is 0 Å². The van der Waals surface area contributed by atoms with Crippen LogP contribution in [0.2, 0.25) is 0 Å². The van der Waals surface area contributed by atoms with Crippen molar-refractivity contribution in [1.82, 2.24) is 24.7 Å². The van der Waals surface area contributed by atoms with Crippen molar-refractivity contribution >= 4 is 24.0 Å². The van der Waals surface area contributed by atoms with Gasteiger partial charge in [-0.1, -0.05) is 11.8 Å². The van der Waals surface area contributed by atoms with Gasteiger partial charge in [0.1, 0.15) is 11.6 Å². The van der Waals surface area contributed by atoms with Gasteiger partial charge in [-0.15, -0.1) is 0 Å². The molecule has 0 aliphatic rings. The van der Waals surface area contributed by atoms with E-state index in [1.807, 2.05) is 55.7 Å². The Labute approximate surface area is 155 Å². The van der Waals surface area contributed by atoms with E-state index in [9.17, 15) is 0 Å². The maximum absolute atomic E-state index is 5.49. The molecule has 1 aromatic carbocycles. The number of rotatable bonds is 6. The number of ether oxygens (including phenoxy) is 1. The normalized spacial score (nSPS) is 10.8. The highest BCUT2D eigenvalue weighted by Gasteiger charge is 2.11. The number of H-pyrrole nitrogens is 1. The summed E-state index contributed by atoms with van der Waals surface area (Å²) in [5.74, 6) is 2.27. The molecule has 130 valence electrons. The van der Waals surface area contributed by atoms with E-state index in [0.29, 0.717) is 17.1 Å². The zero-order valence-electron chi connectivity index (χ0n) is 14.3. The summed E-state index contributed by atoms with van der Waals surface area (Å²) < 4.78 is 7.96. The van der Waals surface area contributed by atoms with Gasteiger partial charge in [-0.05, 0) is 63.3 Å². The van der Waals surface area contributed by atoms with Crippen LogP contribution in [-0.4, -0.2) is 31.3 Å². The third-order valence-corrected chi connectivity index (χ3v) is 4.56. The largest absolute Gasteiger partial charge is 0.494 e. The van der Waals surface area contributed by atoms with Crippen LogP contribution in [0.15, 0.2) is 35.5 Å². The summed E-state index contributed by atoms with van der Waals surface area (Å²) in [5, 5.41) is 7.95. The van der Waals surface area contributed by atoms with Crippen molar-refractivity contribution in [2.75, 3.05) is 6.61 Å². The lowest BCUT2D eigenvalue weighted by Gasteiger charge is -2.08. The van der Waals surface area contributed by atoms with E-state index in [2.05, 4.69) is 20.2 Å². The fourth-order valence-corrected chi connectivity index (χ4v) is 3.56. The molecule has 0 saturated carbocycles. The van der Waals surface area contributed by atoms with Gasteiger partial charge in [-0.3, -0.25) is 9.67 Å². The van der Waals surface area contributed by atoms with Crippen molar-refractivity contribution < 1.29 is 4.74 Å². The van der Waals surface area contributed by atoms with Gasteiger partial charge in [-0.2, -0.15) is 5.10 Å². The molecule has 0 aliphatic heterocycles. The average Bonchev–Trinajstić information content (AvgIpc) is 2.94. The van der Waals surface area contributed by atoms with Crippen LogP contribution in [0.3, 0.4) is 0 Å². The number of hydrogen-bond acceptors (Lipinski definition) is 6. The van der Waals surface area contributed by atoms with Gasteiger partial charge in [0.05, 0.1) is 12.4 Å². The van der Waals surface area contributed by atoms with Gasteiger partial charge in [0.2, 0.25) is 0 Å². The molecule has 0 bridgehead atoms. The summed E-state index contributed by atoms with van der Waals surface area (Å²) in [6.45, 7) is 6.54. The van der Waals surface area contributed by atoms with Crippen molar-refractivity contribution in [2.45, 2.75) is 31.7 Å². The van der Waals surface area contributed by atoms with Gasteiger partial charge in [0, 0.05) is 17.1 Å². The predicted molar refractivity (Wildman–Crippen MR) is 101 cm³/mol. The first-order chi connectivity index (χ1) is 12.1. The molecule has 0 saturated heterocycles. The number of nitrogens with one attached hydrogen (secondary N) is 1. The van der Waals surface area contributed by atoms with E-state index in [-0.39, 0.29) is 0 Å². The molecule has 2 aromatic heterocycles. The van der Waals surface area contributed by atoms with Gasteiger partial charge in [0.25, 0.3) is 0 Å². The second-order valence-corrected chi connectivity index (χ2v) is 6.76. The highest BCUT2D eigenvalue weighted by Crippen LogP contribution is 2.22. The number of aryl methyl sites for hydroxylation is 2. The maximum Gasteiger partial charge on any atom is 0.199 e. The Hall–Kier alpha value is -2.19. The molecule has 8 heteroatoms. The molecule has 3 aromatic rings. The molecule has 6 nitrogen and oxygen atoms in total. The maximum atomic E-state index is 5.49. The monoisotopic (exact) mass is 373 g/mol. The summed E-state index contributed by atoms with van der Waals surface area (Å²) in [7, 11) is 0. The van der Waals surface area contributed by atoms with Gasteiger partial charge >= 0.3 is 0 Å². The lowest BCUT2D eigenvalue weighted by Crippen LogP contribution is -2.01. The molecule has 0 unspecified atom stereocenters. The van der Waals surface area contributed by atoms with Crippen LogP contribution in [0, 0.1) is 18.6 Å². The standard InChI is InChI=1S/C17H19N5OS2/c1-4-23-14-7-5-13(6-8-14)22-15(20-21-17(22)24)10-25-16-18-11(2)9-12(3)19-16/h5-9H,4,10H2,1-3H3,(H,21,24). The van der Waals surface area contributed by atoms with Gasteiger partial charge < -0.3 is 4.74 Å². The SMILES string of the molecule is CCOc1ccc(-n2c(CSc3nc(C)cc(C)n3)n[nH]c2=S)cc1. The molecule has 0 fully saturated rings. The van der Waals surface area contributed by atoms with E-state index in [4.69, 9.17) is 17.0 Å². The van der Waals surface area contributed by atoms with Crippen molar-refractivity contribution in [3.05, 3.63) is 52.3 Å². The lowest BCUT2D eigenvalue weighted by molar-refractivity contribution is 0.340. The quantitative estimate of drug-likeness (QED) is 0.400. The van der Waals surface area contributed by atoms with Crippen LogP contribution < -0.4 is 4.74 Å². The van der Waals surface area contributed by atoms with Crippen LogP contribution >= 0.6 is 24.0 Å². The molecule has 0 aliphatic carbocycles. The highest BCUT2D eigenvalue weighted by atomic mass is 32.2. The number of hydrogen-bond donors (Lipinski definition) is 1. The summed E-state index contributed by atoms with van der Waals surface area (Å²) in [6.07, 6.45) is 0. The summed E-state index contributed by atoms with van der Waals surface area (Å²) in [4.78, 5) is 8.90. The fraction of sp³-hybridized carbons (Fsp3) is 0.294. The van der Waals surface area contributed by atoms with Crippen molar-refractivity contribution in [2.24, 2.45) is 0 Å². The molecule has 25 heavy (non-hydrogen) atoms. The molecule has 0 atom stereocenters. The number of thioether (sulfide) groups is 1. The first-order valence-corrected chi connectivity index (χ1v) is 9.31. The minimum Gasteiger partial charge on any atom is -0.494 e. The van der Waals surface area contributed by atoms with Crippen LogP contribution in [0.5, 0.6) is 5.75 Å². The second kappa shape index (κ2) is 7.79. The van der Waals surface area contributed by atoms with E-state index in [1.54, 1.807) is 0 Å². The molecule has 2 heterocycles. The Morgan fingerprint density at radius 2 is 1.84 bits per heavy atom. The summed E-state index contributed by atoms with van der Waals surface area (Å²) >= 11 is 6.92. The van der Waals surface area contributed by atoms with E-state index in [1.165, 1.54) is 11.8 Å². The second-order valence-electron chi connectivity index (χ2n) is 5.43. The first kappa shape index (κ1) is 17.6. The highest BCUT2D eigenvalue weighted by molar-refractivity contribution is 7.98. The van der Waals surface area contributed by atoms with Crippen LogP contribution in [0.1, 0.15) is 24.1 Å². The van der Waals surface area contributed by atoms with Crippen molar-refractivity contribution in [3.63, 3.8) is 0 Å². The summed E-state index contributed by atoms with van der Waals surface area (Å²) in [6, 6.07) is 9.75. The molecule has 0 amide bonds. The molecule has 0 spiro atoms. The molecule has 0 radical (unpaired) electrons. The topological polar surface area (TPSA) is 68.6 Å². The zero-order valence-corrected chi connectivity index (χ0v) is 15.9. The van der Waals surface area contributed by atoms with Gasteiger partial charge in [0.15, 0.2) is 9.93 Å². The van der Waals surface area contributed by atoms with E-state index < -0.39 is 0 Å². The Morgan fingerprint density at radius 3 is 2.48 bits per heavy atom. The number of nitrogens with zero attached hydrogens (tertiary/aromatic N) is 4. The lowest BCUT2D eigenvalue weighted by atomic mass is 10.3. The Bertz CT molecular complexity index is 897. The molecular weight excluding hydrogens is 354 g/mol. The van der Waals surface area contributed by atoms with Crippen LogP contribution in [-0.2, 0) is 5.75 Å². The predicted octanol–water partition coefficient (Wildman–Crippen LogP) is 4.03. The summed E-state index contributed by atoms with van der Waals surface area (Å²) in [5.41, 5.74) is 2.86. The number of aromatic nitrogens is 5. The fourth-order valence-electron chi connectivity index (χ4n) is 2.44. The Balaban J connectivity index is 1.82. The average molecular weight is 374 g/mol. The third-order valence-electron chi connectivity index (χ3n) is 3.44. The van der Waals surface area contributed by atoms with Crippen molar-refractivity contribution in [1.29, 1.82) is 0 Å². The Kier molecular flexibility index (Phi) is 5.50. The zero-order chi connectivity index (χ0) is 17.8. The minimum atomic E-state index is 0.557. The van der Waals surface area contributed by atoms with Crippen LogP contribution in [0.4, 0.5) is 0 Å². The Morgan fingerprint density at radius 1 is 1.16 bits per heavy atom. The van der Waals surface area contributed by atoms with Crippen molar-refractivity contribution in [3.8, 4) is 11.4 Å². The number of aromatic amines is 1. The third kappa shape index (κ3) is 4.26. The van der Waals surface area contributed by atoms with Gasteiger partial charge in [-0.25, -0.2) is 9.97 Å². The smallest absolute Gasteiger partial charge is 0.199 e. The molecular formula is C17H19N5OS2. The number of benzene rings is 1. The molecule has 3 rings (SSSR count). The van der Waals surface area contributed by atoms with E-state index in [0.717, 1.165) is 33.8 Å².